The fourth-order valence-electron chi connectivity index (χ4n) is 5.89. The van der Waals surface area contributed by atoms with Crippen LogP contribution in [0, 0.1) is 5.92 Å². The molecule has 6 heteroatoms. The molecule has 37 heavy (non-hydrogen) atoms. The number of pyridine rings is 1. The summed E-state index contributed by atoms with van der Waals surface area (Å²) < 4.78 is 0. The average molecular weight is 497 g/mol. The summed E-state index contributed by atoms with van der Waals surface area (Å²) in [4.78, 5) is 34.5. The molecule has 0 radical (unpaired) electrons. The van der Waals surface area contributed by atoms with Crippen LogP contribution in [0.25, 0.3) is 0 Å². The second kappa shape index (κ2) is 11.3. The van der Waals surface area contributed by atoms with Crippen LogP contribution in [-0.4, -0.2) is 47.8 Å². The van der Waals surface area contributed by atoms with Gasteiger partial charge in [-0.25, -0.2) is 0 Å². The number of carbonyl (C=O) groups excluding carboxylic acids is 2. The lowest BCUT2D eigenvalue weighted by Gasteiger charge is -2.51. The largest absolute Gasteiger partial charge is 0.369 e. The van der Waals surface area contributed by atoms with Crippen LogP contribution in [0.15, 0.2) is 79.0 Å². The van der Waals surface area contributed by atoms with E-state index in [1.807, 2.05) is 18.2 Å². The Labute approximate surface area is 219 Å². The van der Waals surface area contributed by atoms with Gasteiger partial charge in [0.1, 0.15) is 0 Å². The Kier molecular flexibility index (Phi) is 7.65. The number of amides is 1. The van der Waals surface area contributed by atoms with Gasteiger partial charge in [-0.3, -0.25) is 19.5 Å². The number of carbonyl (C=O) groups is 2. The molecule has 1 aromatic heterocycles. The maximum absolute atomic E-state index is 12.7. The number of aromatic nitrogens is 1. The molecule has 2 fully saturated rings. The van der Waals surface area contributed by atoms with Gasteiger partial charge in [0, 0.05) is 55.0 Å². The number of hydrogen-bond donors (Lipinski definition) is 1. The number of Topliss-reactive ketones (excluding diaryl/α,β-unsaturated/α-hetero) is 1. The summed E-state index contributed by atoms with van der Waals surface area (Å²) >= 11 is 0. The highest BCUT2D eigenvalue weighted by molar-refractivity contribution is 6.41. The molecular formula is C31H36N4O2. The van der Waals surface area contributed by atoms with Crippen LogP contribution in [0.3, 0.4) is 0 Å². The van der Waals surface area contributed by atoms with Crippen molar-refractivity contribution in [3.05, 3.63) is 90.3 Å². The lowest BCUT2D eigenvalue weighted by molar-refractivity contribution is -0.134. The van der Waals surface area contributed by atoms with Gasteiger partial charge in [0.2, 0.25) is 5.78 Å². The Morgan fingerprint density at radius 2 is 1.65 bits per heavy atom. The number of nitrogens with one attached hydrogen (secondary N) is 1. The Bertz CT molecular complexity index is 1200. The standard InChI is InChI=1S/C31H36N4O2/c1-24-13-15-31(16-14-24,35-20-18-34(19-21-35)28-11-3-2-4-12-28)25-8-7-10-27(22-25)33-30(37)29(36)23-26-9-5-6-17-32-26/h2-12,17,22,24H,13-16,18-21,23H2,1H3,(H,33,37). The van der Waals surface area contributed by atoms with Crippen LogP contribution < -0.4 is 10.2 Å². The summed E-state index contributed by atoms with van der Waals surface area (Å²) in [5, 5.41) is 2.86. The number of piperazine rings is 1. The number of rotatable bonds is 7. The SMILES string of the molecule is CC1CCC(c2cccc(NC(=O)C(=O)Cc3ccccn3)c2)(N2CCN(c3ccccc3)CC2)CC1. The van der Waals surface area contributed by atoms with Gasteiger partial charge in [-0.05, 0) is 73.6 Å². The summed E-state index contributed by atoms with van der Waals surface area (Å²) in [6, 6.07) is 24.2. The van der Waals surface area contributed by atoms with E-state index < -0.39 is 11.7 Å². The number of benzene rings is 2. The number of hydrogen-bond acceptors (Lipinski definition) is 5. The molecule has 1 saturated carbocycles. The van der Waals surface area contributed by atoms with Crippen LogP contribution in [0.2, 0.25) is 0 Å². The lowest BCUT2D eigenvalue weighted by atomic mass is 9.71. The molecule has 1 aliphatic carbocycles. The van der Waals surface area contributed by atoms with E-state index in [1.54, 1.807) is 18.3 Å². The van der Waals surface area contributed by atoms with Crippen LogP contribution in [-0.2, 0) is 21.5 Å². The molecule has 6 nitrogen and oxygen atoms in total. The van der Waals surface area contributed by atoms with E-state index in [-0.39, 0.29) is 12.0 Å². The average Bonchev–Trinajstić information content (AvgIpc) is 2.95. The van der Waals surface area contributed by atoms with Gasteiger partial charge < -0.3 is 10.2 Å². The number of ketones is 1. The monoisotopic (exact) mass is 496 g/mol. The smallest absolute Gasteiger partial charge is 0.292 e. The van der Waals surface area contributed by atoms with E-state index in [9.17, 15) is 9.59 Å². The molecule has 2 heterocycles. The molecule has 192 valence electrons. The van der Waals surface area contributed by atoms with Crippen LogP contribution in [0.5, 0.6) is 0 Å². The maximum Gasteiger partial charge on any atom is 0.292 e. The molecule has 0 spiro atoms. The summed E-state index contributed by atoms with van der Waals surface area (Å²) in [5.41, 5.74) is 3.75. The minimum atomic E-state index is -0.592. The first-order valence-electron chi connectivity index (χ1n) is 13.4. The Morgan fingerprint density at radius 1 is 0.919 bits per heavy atom. The quantitative estimate of drug-likeness (QED) is 0.463. The molecular weight excluding hydrogens is 460 g/mol. The third kappa shape index (κ3) is 5.75. The van der Waals surface area contributed by atoms with E-state index in [4.69, 9.17) is 0 Å². The third-order valence-electron chi connectivity index (χ3n) is 8.09. The van der Waals surface area contributed by atoms with Crippen molar-refractivity contribution in [2.75, 3.05) is 36.4 Å². The van der Waals surface area contributed by atoms with E-state index in [1.165, 1.54) is 24.1 Å². The summed E-state index contributed by atoms with van der Waals surface area (Å²) in [5.74, 6) is -0.348. The van der Waals surface area contributed by atoms with E-state index >= 15 is 0 Å². The molecule has 1 aliphatic heterocycles. The Morgan fingerprint density at radius 3 is 2.35 bits per heavy atom. The van der Waals surface area contributed by atoms with E-state index in [0.29, 0.717) is 11.4 Å². The van der Waals surface area contributed by atoms with Gasteiger partial charge >= 0.3 is 0 Å². The van der Waals surface area contributed by atoms with Gasteiger partial charge in [0.05, 0.1) is 6.42 Å². The molecule has 2 aromatic carbocycles. The second-order valence-electron chi connectivity index (χ2n) is 10.5. The zero-order chi connectivity index (χ0) is 25.7. The second-order valence-corrected chi connectivity index (χ2v) is 10.5. The minimum Gasteiger partial charge on any atom is -0.369 e. The fourth-order valence-corrected chi connectivity index (χ4v) is 5.89. The molecule has 0 unspecified atom stereocenters. The third-order valence-corrected chi connectivity index (χ3v) is 8.09. The molecule has 2 aliphatic rings. The van der Waals surface area contributed by atoms with Gasteiger partial charge in [0.25, 0.3) is 5.91 Å². The molecule has 1 saturated heterocycles. The van der Waals surface area contributed by atoms with Gasteiger partial charge in [-0.15, -0.1) is 0 Å². The van der Waals surface area contributed by atoms with E-state index in [0.717, 1.165) is 44.9 Å². The molecule has 1 amide bonds. The lowest BCUT2D eigenvalue weighted by Crippen LogP contribution is -2.56. The number of nitrogens with zero attached hydrogens (tertiary/aromatic N) is 3. The van der Waals surface area contributed by atoms with E-state index in [2.05, 4.69) is 69.5 Å². The summed E-state index contributed by atoms with van der Waals surface area (Å²) in [6.45, 7) is 6.35. The number of para-hydroxylation sites is 1. The van der Waals surface area contributed by atoms with Crippen molar-refractivity contribution < 1.29 is 9.59 Å². The van der Waals surface area contributed by atoms with Crippen molar-refractivity contribution in [1.82, 2.24) is 9.88 Å². The first kappa shape index (κ1) is 25.2. The predicted octanol–water partition coefficient (Wildman–Crippen LogP) is 5.06. The Balaban J connectivity index is 1.32. The van der Waals surface area contributed by atoms with Crippen LogP contribution in [0.1, 0.15) is 43.9 Å². The highest BCUT2D eigenvalue weighted by Crippen LogP contribution is 2.45. The highest BCUT2D eigenvalue weighted by Gasteiger charge is 2.42. The Hall–Kier alpha value is -3.51. The maximum atomic E-state index is 12.7. The molecule has 0 bridgehead atoms. The molecule has 0 atom stereocenters. The first-order valence-corrected chi connectivity index (χ1v) is 13.4. The summed E-state index contributed by atoms with van der Waals surface area (Å²) in [6.07, 6.45) is 6.23. The highest BCUT2D eigenvalue weighted by atomic mass is 16.2. The topological polar surface area (TPSA) is 65.5 Å². The zero-order valence-electron chi connectivity index (χ0n) is 21.6. The fraction of sp³-hybridized carbons (Fsp3) is 0.387. The van der Waals surface area contributed by atoms with Crippen molar-refractivity contribution in [3.63, 3.8) is 0 Å². The van der Waals surface area contributed by atoms with Crippen molar-refractivity contribution in [2.45, 2.75) is 44.6 Å². The normalized spacial score (nSPS) is 22.4. The summed E-state index contributed by atoms with van der Waals surface area (Å²) in [7, 11) is 0. The van der Waals surface area contributed by atoms with Crippen molar-refractivity contribution in [3.8, 4) is 0 Å². The van der Waals surface area contributed by atoms with Gasteiger partial charge in [-0.1, -0.05) is 43.3 Å². The van der Waals surface area contributed by atoms with Crippen molar-refractivity contribution in [1.29, 1.82) is 0 Å². The molecule has 5 rings (SSSR count). The van der Waals surface area contributed by atoms with Crippen LogP contribution >= 0.6 is 0 Å². The van der Waals surface area contributed by atoms with Gasteiger partial charge in [0.15, 0.2) is 0 Å². The predicted molar refractivity (Wildman–Crippen MR) is 148 cm³/mol. The van der Waals surface area contributed by atoms with Crippen molar-refractivity contribution >= 4 is 23.1 Å². The minimum absolute atomic E-state index is 0.000117. The zero-order valence-corrected chi connectivity index (χ0v) is 21.6. The van der Waals surface area contributed by atoms with Crippen molar-refractivity contribution in [2.24, 2.45) is 5.92 Å². The number of anilines is 2. The first-order chi connectivity index (χ1) is 18.0. The molecule has 1 N–H and O–H groups in total. The van der Waals surface area contributed by atoms with Gasteiger partial charge in [-0.2, -0.15) is 0 Å². The van der Waals surface area contributed by atoms with Crippen LogP contribution in [0.4, 0.5) is 11.4 Å². The molecule has 3 aromatic rings.